The summed E-state index contributed by atoms with van der Waals surface area (Å²) in [6.45, 7) is 5.75. The van der Waals surface area contributed by atoms with Gasteiger partial charge in [-0.1, -0.05) is 25.1 Å². The van der Waals surface area contributed by atoms with Crippen LogP contribution in [0.4, 0.5) is 5.00 Å². The zero-order valence-electron chi connectivity index (χ0n) is 17.0. The molecule has 1 atom stereocenters. The third-order valence-corrected chi connectivity index (χ3v) is 6.46. The SMILES string of the molecule is Cc1ccc(CC(=O)OCC(=O)Nc2sc3c(c2C(N)=O)CCC(C)C3)cc1C. The molecule has 1 aromatic heterocycles. The van der Waals surface area contributed by atoms with Crippen LogP contribution in [-0.2, 0) is 33.6 Å². The Morgan fingerprint density at radius 2 is 2.00 bits per heavy atom. The molecular weight excluding hydrogens is 388 g/mol. The molecule has 2 amide bonds. The number of primary amides is 1. The van der Waals surface area contributed by atoms with E-state index >= 15 is 0 Å². The average Bonchev–Trinajstić information content (AvgIpc) is 3.00. The number of carbonyl (C=O) groups is 3. The van der Waals surface area contributed by atoms with Gasteiger partial charge in [-0.15, -0.1) is 11.3 Å². The molecule has 0 fully saturated rings. The minimum Gasteiger partial charge on any atom is -0.455 e. The molecule has 1 heterocycles. The van der Waals surface area contributed by atoms with Gasteiger partial charge in [0, 0.05) is 4.88 Å². The molecule has 3 N–H and O–H groups in total. The van der Waals surface area contributed by atoms with Crippen LogP contribution in [0, 0.1) is 19.8 Å². The number of aryl methyl sites for hydroxylation is 2. The number of anilines is 1. The Labute approximate surface area is 174 Å². The zero-order valence-corrected chi connectivity index (χ0v) is 17.8. The van der Waals surface area contributed by atoms with Crippen LogP contribution >= 0.6 is 11.3 Å². The van der Waals surface area contributed by atoms with Crippen molar-refractivity contribution in [1.29, 1.82) is 0 Å². The van der Waals surface area contributed by atoms with Gasteiger partial charge in [-0.3, -0.25) is 14.4 Å². The number of rotatable bonds is 6. The van der Waals surface area contributed by atoms with Crippen molar-refractivity contribution in [3.8, 4) is 0 Å². The smallest absolute Gasteiger partial charge is 0.310 e. The molecule has 0 spiro atoms. The number of hydrogen-bond acceptors (Lipinski definition) is 5. The third kappa shape index (κ3) is 5.03. The molecule has 1 aromatic carbocycles. The highest BCUT2D eigenvalue weighted by Gasteiger charge is 2.27. The number of fused-ring (bicyclic) bond motifs is 1. The predicted octanol–water partition coefficient (Wildman–Crippen LogP) is 3.31. The van der Waals surface area contributed by atoms with Crippen molar-refractivity contribution in [3.63, 3.8) is 0 Å². The van der Waals surface area contributed by atoms with Gasteiger partial charge in [0.25, 0.3) is 11.8 Å². The quantitative estimate of drug-likeness (QED) is 0.709. The molecule has 3 rings (SSSR count). The predicted molar refractivity (Wildman–Crippen MR) is 113 cm³/mol. The van der Waals surface area contributed by atoms with Gasteiger partial charge in [0.2, 0.25) is 0 Å². The summed E-state index contributed by atoms with van der Waals surface area (Å²) in [6.07, 6.45) is 2.76. The van der Waals surface area contributed by atoms with Crippen LogP contribution in [0.15, 0.2) is 18.2 Å². The summed E-state index contributed by atoms with van der Waals surface area (Å²) in [6, 6.07) is 5.77. The van der Waals surface area contributed by atoms with Crippen molar-refractivity contribution in [3.05, 3.63) is 50.9 Å². The van der Waals surface area contributed by atoms with E-state index in [0.29, 0.717) is 16.5 Å². The first kappa shape index (κ1) is 21.0. The standard InChI is InChI=1S/C22H26N2O4S/c1-12-4-7-16-17(8-12)29-22(20(16)21(23)27)24-18(25)11-28-19(26)10-15-6-5-13(2)14(3)9-15/h5-6,9,12H,4,7-8,10-11H2,1-3H3,(H2,23,27)(H,24,25). The van der Waals surface area contributed by atoms with Crippen LogP contribution in [0.3, 0.4) is 0 Å². The van der Waals surface area contributed by atoms with E-state index in [4.69, 9.17) is 10.5 Å². The lowest BCUT2D eigenvalue weighted by Crippen LogP contribution is -2.23. The largest absolute Gasteiger partial charge is 0.455 e. The Kier molecular flexibility index (Phi) is 6.37. The maximum absolute atomic E-state index is 12.3. The van der Waals surface area contributed by atoms with E-state index in [1.807, 2.05) is 32.0 Å². The number of nitrogens with two attached hydrogens (primary N) is 1. The van der Waals surface area contributed by atoms with Crippen molar-refractivity contribution in [1.82, 2.24) is 0 Å². The van der Waals surface area contributed by atoms with Gasteiger partial charge >= 0.3 is 5.97 Å². The monoisotopic (exact) mass is 414 g/mol. The van der Waals surface area contributed by atoms with Crippen LogP contribution in [0.5, 0.6) is 0 Å². The Balaban J connectivity index is 1.60. The van der Waals surface area contributed by atoms with E-state index in [0.717, 1.165) is 46.4 Å². The van der Waals surface area contributed by atoms with Crippen LogP contribution in [-0.4, -0.2) is 24.4 Å². The number of carbonyl (C=O) groups excluding carboxylic acids is 3. The second kappa shape index (κ2) is 8.78. The highest BCUT2D eigenvalue weighted by atomic mass is 32.1. The first-order chi connectivity index (χ1) is 13.7. The fraction of sp³-hybridized carbons (Fsp3) is 0.409. The summed E-state index contributed by atoms with van der Waals surface area (Å²) in [7, 11) is 0. The molecule has 7 heteroatoms. The second-order valence-corrected chi connectivity index (χ2v) is 8.83. The Morgan fingerprint density at radius 3 is 2.69 bits per heavy atom. The van der Waals surface area contributed by atoms with Crippen LogP contribution in [0.2, 0.25) is 0 Å². The molecule has 0 saturated carbocycles. The summed E-state index contributed by atoms with van der Waals surface area (Å²) in [5, 5.41) is 3.15. The Hall–Kier alpha value is -2.67. The number of amides is 2. The van der Waals surface area contributed by atoms with E-state index in [1.54, 1.807) is 0 Å². The summed E-state index contributed by atoms with van der Waals surface area (Å²) in [4.78, 5) is 37.4. The molecule has 1 aliphatic carbocycles. The van der Waals surface area contributed by atoms with E-state index < -0.39 is 24.4 Å². The number of thiophene rings is 1. The van der Waals surface area contributed by atoms with Crippen molar-refractivity contribution in [2.75, 3.05) is 11.9 Å². The van der Waals surface area contributed by atoms with Gasteiger partial charge in [-0.25, -0.2) is 0 Å². The molecule has 0 bridgehead atoms. The first-order valence-electron chi connectivity index (χ1n) is 9.70. The molecule has 1 aliphatic rings. The van der Waals surface area contributed by atoms with Crippen molar-refractivity contribution < 1.29 is 19.1 Å². The number of hydrogen-bond donors (Lipinski definition) is 2. The lowest BCUT2D eigenvalue weighted by atomic mass is 9.88. The van der Waals surface area contributed by atoms with Crippen molar-refractivity contribution in [2.45, 2.75) is 46.5 Å². The van der Waals surface area contributed by atoms with Gasteiger partial charge < -0.3 is 15.8 Å². The molecule has 0 saturated heterocycles. The lowest BCUT2D eigenvalue weighted by molar-refractivity contribution is -0.146. The van der Waals surface area contributed by atoms with Crippen molar-refractivity contribution in [2.24, 2.45) is 11.7 Å². The summed E-state index contributed by atoms with van der Waals surface area (Å²) in [5.74, 6) is -0.957. The second-order valence-electron chi connectivity index (χ2n) is 7.72. The molecule has 1 unspecified atom stereocenters. The number of nitrogens with one attached hydrogen (secondary N) is 1. The summed E-state index contributed by atoms with van der Waals surface area (Å²) < 4.78 is 5.11. The Bertz CT molecular complexity index is 964. The maximum Gasteiger partial charge on any atom is 0.310 e. The fourth-order valence-electron chi connectivity index (χ4n) is 3.54. The fourth-order valence-corrected chi connectivity index (χ4v) is 4.97. The third-order valence-electron chi connectivity index (χ3n) is 5.30. The minimum atomic E-state index is -0.543. The van der Waals surface area contributed by atoms with Crippen LogP contribution in [0.1, 0.15) is 50.8 Å². The number of ether oxygens (including phenoxy) is 1. The minimum absolute atomic E-state index is 0.103. The van der Waals surface area contributed by atoms with E-state index in [2.05, 4.69) is 12.2 Å². The molecule has 154 valence electrons. The molecule has 29 heavy (non-hydrogen) atoms. The number of esters is 1. The van der Waals surface area contributed by atoms with Gasteiger partial charge in [-0.05, 0) is 61.3 Å². The van der Waals surface area contributed by atoms with Gasteiger partial charge in [0.15, 0.2) is 6.61 Å². The molecule has 0 radical (unpaired) electrons. The highest BCUT2D eigenvalue weighted by molar-refractivity contribution is 7.17. The average molecular weight is 415 g/mol. The van der Waals surface area contributed by atoms with Crippen LogP contribution < -0.4 is 11.1 Å². The van der Waals surface area contributed by atoms with Gasteiger partial charge in [-0.2, -0.15) is 0 Å². The molecule has 2 aromatic rings. The lowest BCUT2D eigenvalue weighted by Gasteiger charge is -2.18. The Morgan fingerprint density at radius 1 is 1.24 bits per heavy atom. The number of benzene rings is 1. The molecule has 0 aliphatic heterocycles. The van der Waals surface area contributed by atoms with Gasteiger partial charge in [0.1, 0.15) is 5.00 Å². The topological polar surface area (TPSA) is 98.5 Å². The maximum atomic E-state index is 12.3. The van der Waals surface area contributed by atoms with Crippen molar-refractivity contribution >= 4 is 34.1 Å². The first-order valence-corrected chi connectivity index (χ1v) is 10.5. The zero-order chi connectivity index (χ0) is 21.1. The van der Waals surface area contributed by atoms with Crippen LogP contribution in [0.25, 0.3) is 0 Å². The van der Waals surface area contributed by atoms with Gasteiger partial charge in [0.05, 0.1) is 12.0 Å². The van der Waals surface area contributed by atoms with E-state index in [9.17, 15) is 14.4 Å². The molecule has 6 nitrogen and oxygen atoms in total. The summed E-state index contributed by atoms with van der Waals surface area (Å²) in [5.41, 5.74) is 9.99. The normalized spacial score (nSPS) is 15.5. The highest BCUT2D eigenvalue weighted by Crippen LogP contribution is 2.39. The van der Waals surface area contributed by atoms with E-state index in [-0.39, 0.29) is 6.42 Å². The summed E-state index contributed by atoms with van der Waals surface area (Å²) >= 11 is 1.39. The van der Waals surface area contributed by atoms with E-state index in [1.165, 1.54) is 11.3 Å². The molecular formula is C22H26N2O4S.